The van der Waals surface area contributed by atoms with Gasteiger partial charge in [-0.05, 0) is 95.5 Å². The molecule has 0 aliphatic heterocycles. The molecule has 2 heteroatoms. The molecule has 8 rings (SSSR count). The fraction of sp³-hybridized carbons (Fsp3) is 0.0870. The van der Waals surface area contributed by atoms with Crippen LogP contribution in [0.2, 0.25) is 0 Å². The van der Waals surface area contributed by atoms with Crippen LogP contribution in [0.25, 0.3) is 77.7 Å². The van der Waals surface area contributed by atoms with Crippen LogP contribution in [-0.2, 0) is 0 Å². The first-order valence-corrected chi connectivity index (χ1v) is 16.6. The van der Waals surface area contributed by atoms with Crippen molar-refractivity contribution in [3.8, 4) is 55.9 Å². The first kappa shape index (κ1) is 29.5. The third-order valence-electron chi connectivity index (χ3n) is 9.95. The molecule has 0 spiro atoms. The number of pyridine rings is 2. The summed E-state index contributed by atoms with van der Waals surface area (Å²) in [4.78, 5) is 10.7. The second kappa shape index (κ2) is 12.1. The minimum Gasteiger partial charge on any atom is -0.245 e. The number of aromatic nitrogens is 2. The molecule has 0 radical (unpaired) electrons. The van der Waals surface area contributed by atoms with E-state index in [-0.39, 0.29) is 0 Å². The van der Waals surface area contributed by atoms with Gasteiger partial charge in [0.15, 0.2) is 0 Å². The van der Waals surface area contributed by atoms with Gasteiger partial charge < -0.3 is 0 Å². The molecule has 0 aliphatic carbocycles. The van der Waals surface area contributed by atoms with Crippen LogP contribution in [0.15, 0.2) is 146 Å². The molecule has 48 heavy (non-hydrogen) atoms. The van der Waals surface area contributed by atoms with Crippen molar-refractivity contribution in [3.63, 3.8) is 0 Å². The van der Waals surface area contributed by atoms with Crippen LogP contribution < -0.4 is 0 Å². The van der Waals surface area contributed by atoms with Crippen molar-refractivity contribution in [3.05, 3.63) is 168 Å². The molecule has 2 nitrogen and oxygen atoms in total. The van der Waals surface area contributed by atoms with Gasteiger partial charge in [-0.15, -0.1) is 0 Å². The molecule has 230 valence electrons. The zero-order chi connectivity index (χ0) is 32.8. The molecule has 0 fully saturated rings. The standard InChI is InChI=1S/C46H36N2/c1-29-31(3)43(35-15-9-6-10-16-35)47-45-41(29)25-26-42-30(2)32(4)44(48-46(42)45)36-23-21-34(22-24-36)38-18-12-20-40(28-38)39-19-11-17-37(27-39)33-13-7-5-8-14-33/h5-28H,1-4H3. The minimum absolute atomic E-state index is 0.959. The molecule has 0 saturated carbocycles. The van der Waals surface area contributed by atoms with Gasteiger partial charge in [-0.3, -0.25) is 0 Å². The molecular weight excluding hydrogens is 581 g/mol. The van der Waals surface area contributed by atoms with E-state index in [0.29, 0.717) is 0 Å². The van der Waals surface area contributed by atoms with E-state index in [9.17, 15) is 0 Å². The minimum atomic E-state index is 0.959. The van der Waals surface area contributed by atoms with Gasteiger partial charge in [-0.1, -0.05) is 133 Å². The fourth-order valence-electron chi connectivity index (χ4n) is 6.93. The molecule has 0 atom stereocenters. The van der Waals surface area contributed by atoms with Gasteiger partial charge in [0.1, 0.15) is 0 Å². The van der Waals surface area contributed by atoms with Crippen LogP contribution in [0.1, 0.15) is 22.3 Å². The molecule has 0 aliphatic rings. The summed E-state index contributed by atoms with van der Waals surface area (Å²) >= 11 is 0. The van der Waals surface area contributed by atoms with E-state index in [4.69, 9.17) is 9.97 Å². The number of aryl methyl sites for hydroxylation is 2. The lowest BCUT2D eigenvalue weighted by molar-refractivity contribution is 1.25. The predicted molar refractivity (Wildman–Crippen MR) is 203 cm³/mol. The first-order chi connectivity index (χ1) is 23.5. The van der Waals surface area contributed by atoms with Crippen molar-refractivity contribution in [2.24, 2.45) is 0 Å². The van der Waals surface area contributed by atoms with Crippen molar-refractivity contribution in [1.82, 2.24) is 9.97 Å². The van der Waals surface area contributed by atoms with Gasteiger partial charge in [0, 0.05) is 21.9 Å². The summed E-state index contributed by atoms with van der Waals surface area (Å²) in [6, 6.07) is 51.9. The number of nitrogens with zero attached hydrogens (tertiary/aromatic N) is 2. The number of hydrogen-bond acceptors (Lipinski definition) is 2. The van der Waals surface area contributed by atoms with Crippen LogP contribution in [0.3, 0.4) is 0 Å². The van der Waals surface area contributed by atoms with E-state index in [1.54, 1.807) is 0 Å². The highest BCUT2D eigenvalue weighted by molar-refractivity contribution is 6.07. The summed E-state index contributed by atoms with van der Waals surface area (Å²) in [5, 5.41) is 2.31. The maximum atomic E-state index is 5.37. The first-order valence-electron chi connectivity index (χ1n) is 16.6. The van der Waals surface area contributed by atoms with Crippen LogP contribution in [0.4, 0.5) is 0 Å². The highest BCUT2D eigenvalue weighted by Gasteiger charge is 2.17. The zero-order valence-corrected chi connectivity index (χ0v) is 27.8. The highest BCUT2D eigenvalue weighted by Crippen LogP contribution is 2.37. The second-order valence-corrected chi connectivity index (χ2v) is 12.7. The summed E-state index contributed by atoms with van der Waals surface area (Å²) < 4.78 is 0. The molecule has 2 heterocycles. The maximum Gasteiger partial charge on any atom is 0.0975 e. The highest BCUT2D eigenvalue weighted by atomic mass is 14.8. The average molecular weight is 617 g/mol. The van der Waals surface area contributed by atoms with E-state index in [1.807, 2.05) is 0 Å². The fourth-order valence-corrected chi connectivity index (χ4v) is 6.93. The van der Waals surface area contributed by atoms with E-state index >= 15 is 0 Å². The topological polar surface area (TPSA) is 25.8 Å². The monoisotopic (exact) mass is 616 g/mol. The van der Waals surface area contributed by atoms with Crippen LogP contribution in [-0.4, -0.2) is 9.97 Å². The number of fused-ring (bicyclic) bond motifs is 3. The molecule has 0 saturated heterocycles. The lowest BCUT2D eigenvalue weighted by Gasteiger charge is -2.17. The molecule has 0 N–H and O–H groups in total. The van der Waals surface area contributed by atoms with Gasteiger partial charge in [-0.2, -0.15) is 0 Å². The van der Waals surface area contributed by atoms with Crippen molar-refractivity contribution in [2.75, 3.05) is 0 Å². The van der Waals surface area contributed by atoms with Crippen molar-refractivity contribution in [1.29, 1.82) is 0 Å². The van der Waals surface area contributed by atoms with Crippen molar-refractivity contribution in [2.45, 2.75) is 27.7 Å². The Balaban J connectivity index is 1.19. The van der Waals surface area contributed by atoms with Crippen molar-refractivity contribution >= 4 is 21.8 Å². The van der Waals surface area contributed by atoms with E-state index in [2.05, 4.69) is 173 Å². The summed E-state index contributed by atoms with van der Waals surface area (Å²) in [6.45, 7) is 8.77. The van der Waals surface area contributed by atoms with E-state index < -0.39 is 0 Å². The summed E-state index contributed by atoms with van der Waals surface area (Å²) in [5.74, 6) is 0. The summed E-state index contributed by atoms with van der Waals surface area (Å²) in [7, 11) is 0. The Hall–Kier alpha value is -5.86. The Labute approximate surface area is 282 Å². The van der Waals surface area contributed by atoms with Gasteiger partial charge >= 0.3 is 0 Å². The van der Waals surface area contributed by atoms with Crippen LogP contribution in [0.5, 0.6) is 0 Å². The van der Waals surface area contributed by atoms with E-state index in [0.717, 1.165) is 44.3 Å². The predicted octanol–water partition coefficient (Wildman–Crippen LogP) is 12.4. The SMILES string of the molecule is Cc1c(-c2ccccc2)nc2c(ccc3c(C)c(C)c(-c4ccc(-c5cccc(-c6cccc(-c7ccccc7)c6)c5)cc4)nc32)c1C. The smallest absolute Gasteiger partial charge is 0.0975 e. The number of hydrogen-bond donors (Lipinski definition) is 0. The maximum absolute atomic E-state index is 5.37. The number of benzene rings is 6. The lowest BCUT2D eigenvalue weighted by atomic mass is 9.93. The van der Waals surface area contributed by atoms with Crippen molar-refractivity contribution < 1.29 is 0 Å². The van der Waals surface area contributed by atoms with Crippen LogP contribution in [0, 0.1) is 27.7 Å². The zero-order valence-electron chi connectivity index (χ0n) is 27.8. The Bertz CT molecular complexity index is 2460. The molecule has 8 aromatic rings. The normalized spacial score (nSPS) is 11.3. The second-order valence-electron chi connectivity index (χ2n) is 12.7. The Morgan fingerprint density at radius 1 is 0.292 bits per heavy atom. The van der Waals surface area contributed by atoms with Gasteiger partial charge in [0.05, 0.1) is 22.4 Å². The lowest BCUT2D eigenvalue weighted by Crippen LogP contribution is -1.99. The summed E-state index contributed by atoms with van der Waals surface area (Å²) in [6.07, 6.45) is 0. The quantitative estimate of drug-likeness (QED) is 0.180. The molecule has 0 amide bonds. The summed E-state index contributed by atoms with van der Waals surface area (Å²) in [5.41, 5.74) is 18.3. The Morgan fingerprint density at radius 2 is 0.625 bits per heavy atom. The molecule has 0 unspecified atom stereocenters. The molecule has 0 bridgehead atoms. The largest absolute Gasteiger partial charge is 0.245 e. The van der Waals surface area contributed by atoms with Crippen LogP contribution >= 0.6 is 0 Å². The molecule has 2 aromatic heterocycles. The van der Waals surface area contributed by atoms with Gasteiger partial charge in [0.25, 0.3) is 0 Å². The average Bonchev–Trinajstić information content (AvgIpc) is 3.15. The third kappa shape index (κ3) is 5.16. The molecular formula is C46H36N2. The van der Waals surface area contributed by atoms with Gasteiger partial charge in [0.2, 0.25) is 0 Å². The van der Waals surface area contributed by atoms with Gasteiger partial charge in [-0.25, -0.2) is 9.97 Å². The Kier molecular flexibility index (Phi) is 7.42. The third-order valence-corrected chi connectivity index (χ3v) is 9.95. The molecule has 6 aromatic carbocycles. The number of rotatable bonds is 5. The Morgan fingerprint density at radius 3 is 1.08 bits per heavy atom. The van der Waals surface area contributed by atoms with E-state index in [1.165, 1.54) is 55.6 Å².